The highest BCUT2D eigenvalue weighted by molar-refractivity contribution is 7.97. The van der Waals surface area contributed by atoms with Gasteiger partial charge in [0.05, 0.1) is 28.3 Å². The minimum atomic E-state index is -0.364. The SMILES string of the molecule is CC(C)CCc1cc(-c2ccc(B3OC(C)(C)C(C)(C)O3)cc2)n(-c2ccc(SN)cc2)n1. The first-order valence-corrected chi connectivity index (χ1v) is 12.5. The molecule has 0 unspecified atom stereocenters. The van der Waals surface area contributed by atoms with Crippen molar-refractivity contribution in [2.75, 3.05) is 0 Å². The van der Waals surface area contributed by atoms with Gasteiger partial charge in [0.1, 0.15) is 0 Å². The summed E-state index contributed by atoms with van der Waals surface area (Å²) in [5, 5.41) is 10.7. The number of nitrogens with zero attached hydrogens (tertiary/aromatic N) is 2. The number of aromatic nitrogens is 2. The standard InChI is InChI=1S/C26H34BN3O2S/c1-18(2)7-12-21-17-24(30(29-21)22-13-15-23(33-28)16-14-22)19-8-10-20(11-9-19)27-31-25(3,4)26(5,6)32-27/h8-11,13-18H,7,12,28H2,1-6H3. The van der Waals surface area contributed by atoms with E-state index in [1.807, 2.05) is 16.8 Å². The van der Waals surface area contributed by atoms with E-state index in [0.29, 0.717) is 5.92 Å². The van der Waals surface area contributed by atoms with Gasteiger partial charge in [-0.2, -0.15) is 5.10 Å². The maximum absolute atomic E-state index is 6.22. The lowest BCUT2D eigenvalue weighted by molar-refractivity contribution is 0.00578. The van der Waals surface area contributed by atoms with Crippen molar-refractivity contribution in [3.8, 4) is 16.9 Å². The molecule has 0 spiro atoms. The quantitative estimate of drug-likeness (QED) is 0.376. The number of nitrogens with two attached hydrogens (primary N) is 1. The Hall–Kier alpha value is -2.06. The van der Waals surface area contributed by atoms with Crippen LogP contribution in [-0.2, 0) is 15.7 Å². The molecular weight excluding hydrogens is 429 g/mol. The van der Waals surface area contributed by atoms with Gasteiger partial charge in [0.25, 0.3) is 0 Å². The maximum atomic E-state index is 6.22. The van der Waals surface area contributed by atoms with Gasteiger partial charge >= 0.3 is 7.12 Å². The third kappa shape index (κ3) is 5.07. The average molecular weight is 463 g/mol. The molecule has 3 aromatic rings. The summed E-state index contributed by atoms with van der Waals surface area (Å²) in [5.74, 6) is 0.638. The Labute approximate surface area is 202 Å². The van der Waals surface area contributed by atoms with Crippen LogP contribution < -0.4 is 10.6 Å². The van der Waals surface area contributed by atoms with Crippen LogP contribution in [-0.4, -0.2) is 28.1 Å². The van der Waals surface area contributed by atoms with E-state index in [2.05, 4.69) is 84.0 Å². The molecular formula is C26H34BN3O2S. The first kappa shape index (κ1) is 24.1. The first-order valence-electron chi connectivity index (χ1n) is 11.6. The van der Waals surface area contributed by atoms with E-state index in [1.165, 1.54) is 11.9 Å². The molecule has 0 bridgehead atoms. The monoisotopic (exact) mass is 463 g/mol. The van der Waals surface area contributed by atoms with Crippen molar-refractivity contribution in [1.82, 2.24) is 9.78 Å². The van der Waals surface area contributed by atoms with Crippen LogP contribution in [0.15, 0.2) is 59.5 Å². The fraction of sp³-hybridized carbons (Fsp3) is 0.423. The number of hydrogen-bond acceptors (Lipinski definition) is 5. The minimum absolute atomic E-state index is 0.353. The van der Waals surface area contributed by atoms with Crippen LogP contribution in [0.4, 0.5) is 0 Å². The molecule has 1 saturated heterocycles. The van der Waals surface area contributed by atoms with Gasteiger partial charge in [0, 0.05) is 10.5 Å². The molecule has 174 valence electrons. The highest BCUT2D eigenvalue weighted by Crippen LogP contribution is 2.36. The molecule has 1 fully saturated rings. The topological polar surface area (TPSA) is 62.3 Å². The Morgan fingerprint density at radius 2 is 1.58 bits per heavy atom. The smallest absolute Gasteiger partial charge is 0.399 e. The van der Waals surface area contributed by atoms with E-state index in [-0.39, 0.29) is 18.3 Å². The highest BCUT2D eigenvalue weighted by Gasteiger charge is 2.51. The third-order valence-electron chi connectivity index (χ3n) is 6.69. The number of rotatable bonds is 7. The van der Waals surface area contributed by atoms with Crippen LogP contribution in [0.3, 0.4) is 0 Å². The molecule has 0 radical (unpaired) electrons. The van der Waals surface area contributed by atoms with Gasteiger partial charge in [-0.3, -0.25) is 5.14 Å². The molecule has 33 heavy (non-hydrogen) atoms. The summed E-state index contributed by atoms with van der Waals surface area (Å²) in [6.07, 6.45) is 2.07. The highest BCUT2D eigenvalue weighted by atomic mass is 32.2. The van der Waals surface area contributed by atoms with E-state index in [1.54, 1.807) is 0 Å². The first-order chi connectivity index (χ1) is 15.6. The average Bonchev–Trinajstić information content (AvgIpc) is 3.30. The second-order valence-electron chi connectivity index (χ2n) is 10.2. The molecule has 0 saturated carbocycles. The van der Waals surface area contributed by atoms with Crippen LogP contribution in [0.1, 0.15) is 53.7 Å². The largest absolute Gasteiger partial charge is 0.494 e. The summed E-state index contributed by atoms with van der Waals surface area (Å²) in [5.41, 5.74) is 4.62. The predicted molar refractivity (Wildman–Crippen MR) is 138 cm³/mol. The summed E-state index contributed by atoms with van der Waals surface area (Å²) < 4.78 is 14.5. The van der Waals surface area contributed by atoms with E-state index in [0.717, 1.165) is 45.8 Å². The van der Waals surface area contributed by atoms with Crippen molar-refractivity contribution in [2.45, 2.75) is 70.5 Å². The molecule has 1 aromatic heterocycles. The van der Waals surface area contributed by atoms with Gasteiger partial charge in [-0.05, 0) is 94.2 Å². The van der Waals surface area contributed by atoms with E-state index in [9.17, 15) is 0 Å². The minimum Gasteiger partial charge on any atom is -0.399 e. The van der Waals surface area contributed by atoms with Gasteiger partial charge in [0.15, 0.2) is 0 Å². The van der Waals surface area contributed by atoms with Crippen LogP contribution in [0.25, 0.3) is 16.9 Å². The van der Waals surface area contributed by atoms with Crippen molar-refractivity contribution in [1.29, 1.82) is 0 Å². The van der Waals surface area contributed by atoms with Gasteiger partial charge in [-0.1, -0.05) is 38.1 Å². The Morgan fingerprint density at radius 1 is 0.970 bits per heavy atom. The summed E-state index contributed by atoms with van der Waals surface area (Å²) in [4.78, 5) is 1.03. The molecule has 4 rings (SSSR count). The summed E-state index contributed by atoms with van der Waals surface area (Å²) in [7, 11) is -0.364. The molecule has 2 heterocycles. The van der Waals surface area contributed by atoms with Crippen molar-refractivity contribution in [3.63, 3.8) is 0 Å². The van der Waals surface area contributed by atoms with Gasteiger partial charge in [0.2, 0.25) is 0 Å². The third-order valence-corrected chi connectivity index (χ3v) is 7.23. The van der Waals surface area contributed by atoms with Crippen LogP contribution in [0, 0.1) is 5.92 Å². The number of aryl methyl sites for hydroxylation is 1. The Bertz CT molecular complexity index is 1080. The van der Waals surface area contributed by atoms with Gasteiger partial charge in [-0.25, -0.2) is 4.68 Å². The molecule has 2 aromatic carbocycles. The fourth-order valence-electron chi connectivity index (χ4n) is 3.85. The molecule has 7 heteroatoms. The summed E-state index contributed by atoms with van der Waals surface area (Å²) >= 11 is 1.25. The molecule has 0 atom stereocenters. The van der Waals surface area contributed by atoms with Gasteiger partial charge < -0.3 is 9.31 Å². The lowest BCUT2D eigenvalue weighted by atomic mass is 9.79. The van der Waals surface area contributed by atoms with Crippen molar-refractivity contribution < 1.29 is 9.31 Å². The second kappa shape index (κ2) is 9.30. The van der Waals surface area contributed by atoms with Crippen molar-refractivity contribution >= 4 is 24.5 Å². The lowest BCUT2D eigenvalue weighted by Gasteiger charge is -2.32. The Kier molecular flexibility index (Phi) is 6.79. The summed E-state index contributed by atoms with van der Waals surface area (Å²) in [6, 6.07) is 18.8. The normalized spacial score (nSPS) is 17.2. The van der Waals surface area contributed by atoms with Crippen LogP contribution in [0.2, 0.25) is 0 Å². The Balaban J connectivity index is 1.65. The van der Waals surface area contributed by atoms with Crippen molar-refractivity contribution in [3.05, 3.63) is 60.3 Å². The number of hydrogen-bond donors (Lipinski definition) is 1. The Morgan fingerprint density at radius 3 is 2.12 bits per heavy atom. The zero-order valence-corrected chi connectivity index (χ0v) is 21.3. The predicted octanol–water partition coefficient (Wildman–Crippen LogP) is 5.39. The zero-order valence-electron chi connectivity index (χ0n) is 20.5. The molecule has 1 aliphatic heterocycles. The molecule has 2 N–H and O–H groups in total. The number of benzene rings is 2. The van der Waals surface area contributed by atoms with E-state index >= 15 is 0 Å². The molecule has 0 amide bonds. The molecule has 0 aliphatic carbocycles. The lowest BCUT2D eigenvalue weighted by Crippen LogP contribution is -2.41. The molecule has 1 aliphatic rings. The second-order valence-corrected chi connectivity index (χ2v) is 10.9. The fourth-order valence-corrected chi connectivity index (χ4v) is 4.14. The van der Waals surface area contributed by atoms with Crippen molar-refractivity contribution in [2.24, 2.45) is 11.1 Å². The van der Waals surface area contributed by atoms with Crippen LogP contribution in [0.5, 0.6) is 0 Å². The maximum Gasteiger partial charge on any atom is 0.494 e. The molecule has 5 nitrogen and oxygen atoms in total. The summed E-state index contributed by atoms with van der Waals surface area (Å²) in [6.45, 7) is 12.8. The van der Waals surface area contributed by atoms with E-state index in [4.69, 9.17) is 19.5 Å². The van der Waals surface area contributed by atoms with E-state index < -0.39 is 0 Å². The zero-order chi connectivity index (χ0) is 23.8. The van der Waals surface area contributed by atoms with Gasteiger partial charge in [-0.15, -0.1) is 0 Å². The van der Waals surface area contributed by atoms with Crippen LogP contribution >= 0.6 is 11.9 Å².